The molecule has 0 bridgehead atoms. The maximum Gasteiger partial charge on any atom is -0.0109 e. The Morgan fingerprint density at radius 3 is 1.66 bits per heavy atom. The predicted octanol–water partition coefficient (Wildman–Crippen LogP) is 15.6. The second-order valence-corrected chi connectivity index (χ2v) is 10.7. The first kappa shape index (κ1) is 47.2. The molecule has 3 aromatic rings. The summed E-state index contributed by atoms with van der Waals surface area (Å²) >= 11 is 0. The van der Waals surface area contributed by atoms with Gasteiger partial charge in [0.25, 0.3) is 0 Å². The van der Waals surface area contributed by atoms with Gasteiger partial charge in [-0.25, -0.2) is 0 Å². The molecule has 0 spiro atoms. The SMILES string of the molecule is C.C=CC.C=Cc1cc(C)c(/C=C\C)c(C=C)c1/C=C\C.CC.CC/C(=C\C=C(C)C)c1ccc(C)cc1.CCCc1ccccc1. The van der Waals surface area contributed by atoms with Crippen molar-refractivity contribution in [2.45, 2.75) is 103 Å². The fraction of sp³-hybridized carbons (Fsp3) is 0.319. The molecule has 0 aliphatic rings. The molecular weight excluding hydrogens is 565 g/mol. The van der Waals surface area contributed by atoms with E-state index in [1.165, 1.54) is 62.9 Å². The van der Waals surface area contributed by atoms with E-state index in [0.29, 0.717) is 0 Å². The van der Waals surface area contributed by atoms with E-state index in [4.69, 9.17) is 0 Å². The molecule has 0 heterocycles. The zero-order valence-electron chi connectivity index (χ0n) is 31.2. The summed E-state index contributed by atoms with van der Waals surface area (Å²) < 4.78 is 0. The molecule has 0 saturated heterocycles. The van der Waals surface area contributed by atoms with Gasteiger partial charge in [0.1, 0.15) is 0 Å². The Labute approximate surface area is 292 Å². The van der Waals surface area contributed by atoms with Crippen LogP contribution in [0.3, 0.4) is 0 Å². The molecule has 0 saturated carbocycles. The third-order valence-electron chi connectivity index (χ3n) is 6.58. The van der Waals surface area contributed by atoms with Gasteiger partial charge in [0.2, 0.25) is 0 Å². The minimum absolute atomic E-state index is 0. The van der Waals surface area contributed by atoms with E-state index in [0.717, 1.165) is 12.0 Å². The highest BCUT2D eigenvalue weighted by Gasteiger charge is 2.08. The Morgan fingerprint density at radius 1 is 0.702 bits per heavy atom. The van der Waals surface area contributed by atoms with E-state index in [9.17, 15) is 0 Å². The molecule has 0 nitrogen and oxygen atoms in total. The molecule has 0 aliphatic carbocycles. The minimum atomic E-state index is 0. The Bertz CT molecular complexity index is 1370. The maximum atomic E-state index is 3.93. The van der Waals surface area contributed by atoms with Gasteiger partial charge in [-0.2, -0.15) is 0 Å². The predicted molar refractivity (Wildman–Crippen MR) is 224 cm³/mol. The van der Waals surface area contributed by atoms with Crippen LogP contribution in [0, 0.1) is 13.8 Å². The topological polar surface area (TPSA) is 0 Å². The number of allylic oxidation sites excluding steroid dienone is 7. The lowest BCUT2D eigenvalue weighted by atomic mass is 9.91. The van der Waals surface area contributed by atoms with E-state index in [-0.39, 0.29) is 7.43 Å². The van der Waals surface area contributed by atoms with E-state index >= 15 is 0 Å². The summed E-state index contributed by atoms with van der Waals surface area (Å²) in [6, 6.07) is 21.5. The lowest BCUT2D eigenvalue weighted by Gasteiger charge is -2.13. The van der Waals surface area contributed by atoms with Crippen LogP contribution < -0.4 is 0 Å². The normalized spacial score (nSPS) is 9.89. The molecule has 0 fully saturated rings. The summed E-state index contributed by atoms with van der Waals surface area (Å²) in [6.07, 6.45) is 21.8. The molecule has 0 radical (unpaired) electrons. The molecular formula is C47H68. The van der Waals surface area contributed by atoms with Crippen molar-refractivity contribution < 1.29 is 0 Å². The van der Waals surface area contributed by atoms with Crippen LogP contribution in [-0.4, -0.2) is 0 Å². The van der Waals surface area contributed by atoms with E-state index in [2.05, 4.69) is 152 Å². The van der Waals surface area contributed by atoms with Gasteiger partial charge in [-0.1, -0.05) is 181 Å². The van der Waals surface area contributed by atoms with Crippen molar-refractivity contribution in [2.24, 2.45) is 0 Å². The first-order valence-electron chi connectivity index (χ1n) is 16.9. The standard InChI is InChI=1S/C17H20.C15H20.C9H12.C3H6.C2H6.CH4/c1-6-10-16-13(5)12-14(8-3)17(11-7-2)15(16)9-4;1-5-14(9-6-12(2)3)15-10-7-13(4)8-11-15;1-2-6-9-7-4-3-5-8-9;1-3-2;1-2;/h6-12H,3-4H2,1-2,5H3;6-11H,5H2,1-4H3;3-5,7-8H,2,6H2,1H3;3H,1H2,2H3;1-2H3;1H4/b10-6-,11-7-;14-9+;;;;. The third kappa shape index (κ3) is 19.9. The molecule has 0 heteroatoms. The summed E-state index contributed by atoms with van der Waals surface area (Å²) in [5, 5.41) is 0. The summed E-state index contributed by atoms with van der Waals surface area (Å²) in [5.41, 5.74) is 12.8. The molecule has 256 valence electrons. The molecule has 0 aliphatic heterocycles. The summed E-state index contributed by atoms with van der Waals surface area (Å²) in [6.45, 7) is 34.0. The molecule has 47 heavy (non-hydrogen) atoms. The van der Waals surface area contributed by atoms with Gasteiger partial charge in [0.05, 0.1) is 0 Å². The fourth-order valence-corrected chi connectivity index (χ4v) is 4.42. The Morgan fingerprint density at radius 2 is 1.23 bits per heavy atom. The van der Waals surface area contributed by atoms with Crippen LogP contribution in [0.5, 0.6) is 0 Å². The van der Waals surface area contributed by atoms with Gasteiger partial charge in [-0.15, -0.1) is 6.58 Å². The second-order valence-electron chi connectivity index (χ2n) is 10.7. The second kappa shape index (κ2) is 30.5. The Kier molecular flexibility index (Phi) is 30.7. The maximum absolute atomic E-state index is 3.93. The molecule has 0 aromatic heterocycles. The summed E-state index contributed by atoms with van der Waals surface area (Å²) in [4.78, 5) is 0. The lowest BCUT2D eigenvalue weighted by molar-refractivity contribution is 0.922. The lowest BCUT2D eigenvalue weighted by Crippen LogP contribution is -1.94. The molecule has 0 atom stereocenters. The monoisotopic (exact) mass is 633 g/mol. The molecule has 0 unspecified atom stereocenters. The van der Waals surface area contributed by atoms with E-state index in [1.54, 1.807) is 6.08 Å². The number of hydrogen-bond acceptors (Lipinski definition) is 0. The average Bonchev–Trinajstić information content (AvgIpc) is 3.06. The summed E-state index contributed by atoms with van der Waals surface area (Å²) in [5.74, 6) is 0. The fourth-order valence-electron chi connectivity index (χ4n) is 4.42. The number of rotatable bonds is 9. The van der Waals surface area contributed by atoms with Gasteiger partial charge in [0, 0.05) is 0 Å². The van der Waals surface area contributed by atoms with Crippen molar-refractivity contribution in [2.75, 3.05) is 0 Å². The van der Waals surface area contributed by atoms with Crippen LogP contribution in [0.25, 0.3) is 29.9 Å². The largest absolute Gasteiger partial charge is 0.103 e. The zero-order valence-corrected chi connectivity index (χ0v) is 31.2. The van der Waals surface area contributed by atoms with Gasteiger partial charge >= 0.3 is 0 Å². The van der Waals surface area contributed by atoms with Gasteiger partial charge < -0.3 is 0 Å². The van der Waals surface area contributed by atoms with Crippen LogP contribution in [0.4, 0.5) is 0 Å². The van der Waals surface area contributed by atoms with E-state index < -0.39 is 0 Å². The molecule has 3 rings (SSSR count). The average molecular weight is 633 g/mol. The molecule has 0 amide bonds. The highest BCUT2D eigenvalue weighted by atomic mass is 14.1. The third-order valence-corrected chi connectivity index (χ3v) is 6.58. The highest BCUT2D eigenvalue weighted by Crippen LogP contribution is 2.27. The van der Waals surface area contributed by atoms with E-state index in [1.807, 2.05) is 52.8 Å². The van der Waals surface area contributed by atoms with Gasteiger partial charge in [-0.05, 0) is 106 Å². The van der Waals surface area contributed by atoms with Crippen molar-refractivity contribution in [1.82, 2.24) is 0 Å². The quantitative estimate of drug-likeness (QED) is 0.163. The van der Waals surface area contributed by atoms with Crippen LogP contribution in [0.1, 0.15) is 127 Å². The van der Waals surface area contributed by atoms with Crippen LogP contribution in [-0.2, 0) is 6.42 Å². The van der Waals surface area contributed by atoms with Crippen molar-refractivity contribution >= 4 is 29.9 Å². The number of aryl methyl sites for hydroxylation is 3. The van der Waals surface area contributed by atoms with Crippen molar-refractivity contribution in [1.29, 1.82) is 0 Å². The van der Waals surface area contributed by atoms with Crippen LogP contribution in [0.15, 0.2) is 116 Å². The van der Waals surface area contributed by atoms with Crippen molar-refractivity contribution in [3.63, 3.8) is 0 Å². The smallest absolute Gasteiger partial charge is 0.0109 e. The van der Waals surface area contributed by atoms with Crippen molar-refractivity contribution in [3.05, 3.63) is 161 Å². The van der Waals surface area contributed by atoms with Crippen LogP contribution in [0.2, 0.25) is 0 Å². The van der Waals surface area contributed by atoms with Gasteiger partial charge in [-0.3, -0.25) is 0 Å². The zero-order chi connectivity index (χ0) is 35.3. The molecule has 3 aromatic carbocycles. The first-order valence-corrected chi connectivity index (χ1v) is 16.9. The minimum Gasteiger partial charge on any atom is -0.103 e. The number of benzene rings is 3. The van der Waals surface area contributed by atoms with Crippen molar-refractivity contribution in [3.8, 4) is 0 Å². The summed E-state index contributed by atoms with van der Waals surface area (Å²) in [7, 11) is 0. The molecule has 0 N–H and O–H groups in total. The Hall–Kier alpha value is -4.16. The first-order chi connectivity index (χ1) is 22.2. The number of hydrogen-bond donors (Lipinski definition) is 0. The highest BCUT2D eigenvalue weighted by molar-refractivity contribution is 5.80. The van der Waals surface area contributed by atoms with Crippen LogP contribution >= 0.6 is 0 Å². The van der Waals surface area contributed by atoms with Gasteiger partial charge in [0.15, 0.2) is 0 Å². The Balaban J connectivity index is -0.000000590.